The highest BCUT2D eigenvalue weighted by atomic mass is 35.5. The minimum Gasteiger partial charge on any atom is -0.282 e. The number of fused-ring (bicyclic) bond motifs is 1. The summed E-state index contributed by atoms with van der Waals surface area (Å²) < 4.78 is 0. The molecule has 0 fully saturated rings. The van der Waals surface area contributed by atoms with Crippen LogP contribution in [0.15, 0.2) is 52.4 Å². The standard InChI is InChI=1S/C13H10ClN3/c1-16-13(14)17-12(15)11-7-6-9-4-2-3-5-10(9)8-11/h2-8,15H,1H2. The molecule has 0 heterocycles. The molecular formula is C13H10ClN3. The third kappa shape index (κ3) is 2.57. The summed E-state index contributed by atoms with van der Waals surface area (Å²) >= 11 is 5.61. The van der Waals surface area contributed by atoms with Crippen molar-refractivity contribution in [3.8, 4) is 0 Å². The molecule has 0 aliphatic rings. The Labute approximate surface area is 104 Å². The first kappa shape index (κ1) is 11.5. The molecule has 0 unspecified atom stereocenters. The predicted octanol–water partition coefficient (Wildman–Crippen LogP) is 3.46. The van der Waals surface area contributed by atoms with Gasteiger partial charge in [0.1, 0.15) is 0 Å². The normalized spacial score (nSPS) is 11.5. The highest BCUT2D eigenvalue weighted by molar-refractivity contribution is 6.66. The number of amidine groups is 2. The highest BCUT2D eigenvalue weighted by Gasteiger charge is 2.02. The molecule has 17 heavy (non-hydrogen) atoms. The van der Waals surface area contributed by atoms with Crippen molar-refractivity contribution in [2.45, 2.75) is 0 Å². The Morgan fingerprint density at radius 3 is 2.53 bits per heavy atom. The Morgan fingerprint density at radius 1 is 1.12 bits per heavy atom. The van der Waals surface area contributed by atoms with Gasteiger partial charge in [0.05, 0.1) is 0 Å². The Hall–Kier alpha value is -2.00. The van der Waals surface area contributed by atoms with Crippen LogP contribution in [-0.4, -0.2) is 17.8 Å². The summed E-state index contributed by atoms with van der Waals surface area (Å²) in [5.41, 5.74) is 0.700. The van der Waals surface area contributed by atoms with Crippen LogP contribution >= 0.6 is 11.6 Å². The quantitative estimate of drug-likeness (QED) is 0.453. The van der Waals surface area contributed by atoms with Crippen LogP contribution in [0.3, 0.4) is 0 Å². The second-order valence-corrected chi connectivity index (χ2v) is 3.79. The lowest BCUT2D eigenvalue weighted by Crippen LogP contribution is -1.97. The molecule has 0 amide bonds. The van der Waals surface area contributed by atoms with Crippen molar-refractivity contribution >= 4 is 40.2 Å². The summed E-state index contributed by atoms with van der Waals surface area (Å²) in [5, 5.41) is 9.94. The zero-order chi connectivity index (χ0) is 12.3. The van der Waals surface area contributed by atoms with Crippen molar-refractivity contribution < 1.29 is 0 Å². The number of halogens is 1. The van der Waals surface area contributed by atoms with Gasteiger partial charge in [-0.25, -0.2) is 4.99 Å². The molecule has 0 radical (unpaired) electrons. The van der Waals surface area contributed by atoms with Gasteiger partial charge in [0.2, 0.25) is 5.29 Å². The average molecular weight is 244 g/mol. The van der Waals surface area contributed by atoms with E-state index in [4.69, 9.17) is 17.0 Å². The predicted molar refractivity (Wildman–Crippen MR) is 73.6 cm³/mol. The van der Waals surface area contributed by atoms with Crippen molar-refractivity contribution in [3.63, 3.8) is 0 Å². The molecule has 0 bridgehead atoms. The maximum Gasteiger partial charge on any atom is 0.223 e. The van der Waals surface area contributed by atoms with Crippen LogP contribution in [0.1, 0.15) is 5.56 Å². The van der Waals surface area contributed by atoms with E-state index in [1.54, 1.807) is 0 Å². The third-order valence-corrected chi connectivity index (χ3v) is 2.56. The fraction of sp³-hybridized carbons (Fsp3) is 0. The van der Waals surface area contributed by atoms with Crippen molar-refractivity contribution in [3.05, 3.63) is 48.0 Å². The molecule has 0 atom stereocenters. The van der Waals surface area contributed by atoms with Gasteiger partial charge in [-0.3, -0.25) is 5.41 Å². The van der Waals surface area contributed by atoms with E-state index >= 15 is 0 Å². The van der Waals surface area contributed by atoms with Gasteiger partial charge in [-0.2, -0.15) is 4.99 Å². The van der Waals surface area contributed by atoms with Crippen LogP contribution in [-0.2, 0) is 0 Å². The number of nitrogens with one attached hydrogen (secondary N) is 1. The van der Waals surface area contributed by atoms with Crippen molar-refractivity contribution in [2.24, 2.45) is 9.98 Å². The Bertz CT molecular complexity index is 617. The zero-order valence-corrected chi connectivity index (χ0v) is 9.78. The van der Waals surface area contributed by atoms with Crippen molar-refractivity contribution in [1.29, 1.82) is 5.41 Å². The van der Waals surface area contributed by atoms with Crippen molar-refractivity contribution in [1.82, 2.24) is 0 Å². The molecule has 0 spiro atoms. The fourth-order valence-electron chi connectivity index (χ4n) is 1.53. The molecule has 3 nitrogen and oxygen atoms in total. The van der Waals surface area contributed by atoms with E-state index in [1.165, 1.54) is 0 Å². The van der Waals surface area contributed by atoms with Crippen LogP contribution in [0.5, 0.6) is 0 Å². The maximum atomic E-state index is 7.78. The summed E-state index contributed by atoms with van der Waals surface area (Å²) in [6.07, 6.45) is 0. The lowest BCUT2D eigenvalue weighted by atomic mass is 10.1. The number of rotatable bonds is 1. The van der Waals surface area contributed by atoms with E-state index in [0.717, 1.165) is 10.8 Å². The van der Waals surface area contributed by atoms with E-state index in [9.17, 15) is 0 Å². The molecule has 4 heteroatoms. The highest BCUT2D eigenvalue weighted by Crippen LogP contribution is 2.16. The summed E-state index contributed by atoms with van der Waals surface area (Å²) in [6, 6.07) is 13.6. The van der Waals surface area contributed by atoms with E-state index < -0.39 is 0 Å². The van der Waals surface area contributed by atoms with E-state index in [1.807, 2.05) is 42.5 Å². The first-order valence-corrected chi connectivity index (χ1v) is 5.37. The molecule has 0 aromatic heterocycles. The maximum absolute atomic E-state index is 7.78. The van der Waals surface area contributed by atoms with Crippen LogP contribution < -0.4 is 0 Å². The molecule has 0 saturated carbocycles. The monoisotopic (exact) mass is 243 g/mol. The Kier molecular flexibility index (Phi) is 3.30. The van der Waals surface area contributed by atoms with Crippen LogP contribution in [0.4, 0.5) is 0 Å². The first-order chi connectivity index (χ1) is 8.20. The third-order valence-electron chi connectivity index (χ3n) is 2.36. The van der Waals surface area contributed by atoms with Gasteiger partial charge in [0.25, 0.3) is 0 Å². The molecule has 2 rings (SSSR count). The van der Waals surface area contributed by atoms with E-state index in [2.05, 4.69) is 16.7 Å². The second-order valence-electron chi connectivity index (χ2n) is 3.45. The summed E-state index contributed by atoms with van der Waals surface area (Å²) in [7, 11) is 0. The van der Waals surface area contributed by atoms with Crippen LogP contribution in [0.25, 0.3) is 10.8 Å². The van der Waals surface area contributed by atoms with Crippen molar-refractivity contribution in [2.75, 3.05) is 0 Å². The summed E-state index contributed by atoms with van der Waals surface area (Å²) in [6.45, 7) is 3.25. The number of benzene rings is 2. The minimum absolute atomic E-state index is 0.0249. The number of aliphatic imine (C=N–C) groups is 2. The van der Waals surface area contributed by atoms with Gasteiger partial charge in [-0.05, 0) is 35.2 Å². The second kappa shape index (κ2) is 4.89. The molecule has 84 valence electrons. The van der Waals surface area contributed by atoms with Gasteiger partial charge in [-0.15, -0.1) is 0 Å². The Balaban J connectivity index is 2.43. The molecule has 2 aromatic carbocycles. The van der Waals surface area contributed by atoms with Crippen LogP contribution in [0, 0.1) is 5.41 Å². The Morgan fingerprint density at radius 2 is 1.82 bits per heavy atom. The molecule has 0 saturated heterocycles. The van der Waals surface area contributed by atoms with Gasteiger partial charge < -0.3 is 0 Å². The molecule has 1 N–H and O–H groups in total. The molecule has 0 aliphatic heterocycles. The average Bonchev–Trinajstić information content (AvgIpc) is 2.38. The summed E-state index contributed by atoms with van der Waals surface area (Å²) in [5.74, 6) is 0.0770. The first-order valence-electron chi connectivity index (χ1n) is 4.99. The summed E-state index contributed by atoms with van der Waals surface area (Å²) in [4.78, 5) is 7.25. The topological polar surface area (TPSA) is 48.6 Å². The number of hydrogen-bond donors (Lipinski definition) is 1. The van der Waals surface area contributed by atoms with Gasteiger partial charge in [0.15, 0.2) is 5.84 Å². The minimum atomic E-state index is -0.0249. The SMILES string of the molecule is C=NC(Cl)=NC(=N)c1ccc2ccccc2c1. The molecule has 2 aromatic rings. The zero-order valence-electron chi connectivity index (χ0n) is 9.02. The van der Waals surface area contributed by atoms with Crippen LogP contribution in [0.2, 0.25) is 0 Å². The lowest BCUT2D eigenvalue weighted by Gasteiger charge is -2.01. The van der Waals surface area contributed by atoms with Gasteiger partial charge in [-0.1, -0.05) is 36.4 Å². The smallest absolute Gasteiger partial charge is 0.223 e. The largest absolute Gasteiger partial charge is 0.282 e. The number of nitrogens with zero attached hydrogens (tertiary/aromatic N) is 2. The van der Waals surface area contributed by atoms with Gasteiger partial charge >= 0.3 is 0 Å². The molecular weight excluding hydrogens is 234 g/mol. The fourth-order valence-corrected chi connectivity index (χ4v) is 1.61. The van der Waals surface area contributed by atoms with E-state index in [-0.39, 0.29) is 11.1 Å². The van der Waals surface area contributed by atoms with Gasteiger partial charge in [0, 0.05) is 5.56 Å². The lowest BCUT2D eigenvalue weighted by molar-refractivity contribution is 1.42. The van der Waals surface area contributed by atoms with E-state index in [0.29, 0.717) is 5.56 Å². The molecule has 0 aliphatic carbocycles. The number of hydrogen-bond acceptors (Lipinski definition) is 1.